The number of nitrogens with zero attached hydrogens (tertiary/aromatic N) is 3. The number of amides is 1. The third kappa shape index (κ3) is 5.94. The summed E-state index contributed by atoms with van der Waals surface area (Å²) in [6.45, 7) is 5.49. The Bertz CT molecular complexity index is 714. The molecular weight excluding hydrogens is 338 g/mol. The molecule has 0 atom stereocenters. The van der Waals surface area contributed by atoms with Crippen LogP contribution < -0.4 is 15.5 Å². The van der Waals surface area contributed by atoms with E-state index >= 15 is 0 Å². The molecule has 3 rings (SSSR count). The van der Waals surface area contributed by atoms with Gasteiger partial charge in [0.25, 0.3) is 0 Å². The predicted molar refractivity (Wildman–Crippen MR) is 109 cm³/mol. The first kappa shape index (κ1) is 19.1. The second-order valence-electron chi connectivity index (χ2n) is 7.02. The molecule has 2 aromatic rings. The van der Waals surface area contributed by atoms with E-state index in [2.05, 4.69) is 32.4 Å². The Kier molecular flexibility index (Phi) is 7.02. The maximum atomic E-state index is 12.1. The summed E-state index contributed by atoms with van der Waals surface area (Å²) in [5.74, 6) is 2.62. The van der Waals surface area contributed by atoms with Crippen LogP contribution in [-0.2, 0) is 11.3 Å². The first-order chi connectivity index (χ1) is 13.2. The molecule has 1 amide bonds. The van der Waals surface area contributed by atoms with E-state index in [-0.39, 0.29) is 5.91 Å². The molecular formula is C21H29N5O. The standard InChI is InChI=1S/C21H29N5O/c1-2-22-19-14-20(25-16-24-19)26-12-10-17(11-13-26)8-9-21(27)23-15-18-6-4-3-5-7-18/h3-7,14,16-17H,2,8-13,15H2,1H3,(H,23,27)(H,22,24,25). The summed E-state index contributed by atoms with van der Waals surface area (Å²) in [7, 11) is 0. The van der Waals surface area contributed by atoms with Gasteiger partial charge in [0.05, 0.1) is 0 Å². The Morgan fingerprint density at radius 3 is 2.70 bits per heavy atom. The van der Waals surface area contributed by atoms with Crippen LogP contribution in [0.25, 0.3) is 0 Å². The molecule has 1 fully saturated rings. The number of piperidine rings is 1. The summed E-state index contributed by atoms with van der Waals surface area (Å²) in [5, 5.41) is 6.25. The Morgan fingerprint density at radius 1 is 1.19 bits per heavy atom. The van der Waals surface area contributed by atoms with Crippen molar-refractivity contribution >= 4 is 17.5 Å². The van der Waals surface area contributed by atoms with Gasteiger partial charge in [-0.25, -0.2) is 9.97 Å². The Labute approximate surface area is 161 Å². The Balaban J connectivity index is 1.38. The number of hydrogen-bond donors (Lipinski definition) is 2. The lowest BCUT2D eigenvalue weighted by molar-refractivity contribution is -0.121. The lowest BCUT2D eigenvalue weighted by Gasteiger charge is -2.32. The second kappa shape index (κ2) is 9.90. The van der Waals surface area contributed by atoms with Gasteiger partial charge < -0.3 is 15.5 Å². The van der Waals surface area contributed by atoms with Crippen LogP contribution in [0.5, 0.6) is 0 Å². The zero-order chi connectivity index (χ0) is 18.9. The number of carbonyl (C=O) groups is 1. The third-order valence-electron chi connectivity index (χ3n) is 5.06. The molecule has 6 heteroatoms. The molecule has 1 aliphatic rings. The highest BCUT2D eigenvalue weighted by atomic mass is 16.1. The minimum absolute atomic E-state index is 0.146. The van der Waals surface area contributed by atoms with Gasteiger partial charge >= 0.3 is 0 Å². The fraction of sp³-hybridized carbons (Fsp3) is 0.476. The van der Waals surface area contributed by atoms with E-state index in [0.717, 1.165) is 56.1 Å². The smallest absolute Gasteiger partial charge is 0.220 e. The summed E-state index contributed by atoms with van der Waals surface area (Å²) in [4.78, 5) is 23.1. The average molecular weight is 367 g/mol. The molecule has 27 heavy (non-hydrogen) atoms. The summed E-state index contributed by atoms with van der Waals surface area (Å²) < 4.78 is 0. The monoisotopic (exact) mass is 367 g/mol. The minimum atomic E-state index is 0.146. The van der Waals surface area contributed by atoms with Crippen molar-refractivity contribution in [1.29, 1.82) is 0 Å². The van der Waals surface area contributed by atoms with Crippen molar-refractivity contribution in [2.24, 2.45) is 5.92 Å². The average Bonchev–Trinajstić information content (AvgIpc) is 2.72. The van der Waals surface area contributed by atoms with Crippen LogP contribution in [0.1, 0.15) is 38.2 Å². The van der Waals surface area contributed by atoms with E-state index in [0.29, 0.717) is 18.9 Å². The molecule has 1 aromatic carbocycles. The van der Waals surface area contributed by atoms with Crippen molar-refractivity contribution < 1.29 is 4.79 Å². The van der Waals surface area contributed by atoms with Gasteiger partial charge in [-0.1, -0.05) is 30.3 Å². The maximum Gasteiger partial charge on any atom is 0.220 e. The van der Waals surface area contributed by atoms with Gasteiger partial charge in [-0.15, -0.1) is 0 Å². The number of hydrogen-bond acceptors (Lipinski definition) is 5. The van der Waals surface area contributed by atoms with Crippen molar-refractivity contribution in [3.63, 3.8) is 0 Å². The predicted octanol–water partition coefficient (Wildman–Crippen LogP) is 3.22. The maximum absolute atomic E-state index is 12.1. The zero-order valence-corrected chi connectivity index (χ0v) is 16.0. The normalized spacial score (nSPS) is 14.8. The Hall–Kier alpha value is -2.63. The van der Waals surface area contributed by atoms with E-state index < -0.39 is 0 Å². The largest absolute Gasteiger partial charge is 0.370 e. The SMILES string of the molecule is CCNc1cc(N2CCC(CCC(=O)NCc3ccccc3)CC2)ncn1. The molecule has 0 saturated carbocycles. The van der Waals surface area contributed by atoms with Crippen LogP contribution in [0.15, 0.2) is 42.7 Å². The number of benzene rings is 1. The molecule has 0 aliphatic carbocycles. The van der Waals surface area contributed by atoms with Gasteiger partial charge in [0.2, 0.25) is 5.91 Å². The number of nitrogens with one attached hydrogen (secondary N) is 2. The van der Waals surface area contributed by atoms with Crippen molar-refractivity contribution in [1.82, 2.24) is 15.3 Å². The first-order valence-electron chi connectivity index (χ1n) is 9.86. The van der Waals surface area contributed by atoms with Crippen LogP contribution in [-0.4, -0.2) is 35.5 Å². The molecule has 0 spiro atoms. The molecule has 0 bridgehead atoms. The minimum Gasteiger partial charge on any atom is -0.370 e. The van der Waals surface area contributed by atoms with Crippen molar-refractivity contribution in [2.75, 3.05) is 29.9 Å². The molecule has 1 saturated heterocycles. The van der Waals surface area contributed by atoms with E-state index in [1.165, 1.54) is 0 Å². The van der Waals surface area contributed by atoms with E-state index in [9.17, 15) is 4.79 Å². The summed E-state index contributed by atoms with van der Waals surface area (Å²) in [5.41, 5.74) is 1.14. The van der Waals surface area contributed by atoms with E-state index in [1.807, 2.05) is 36.4 Å². The Morgan fingerprint density at radius 2 is 1.96 bits per heavy atom. The van der Waals surface area contributed by atoms with E-state index in [1.54, 1.807) is 6.33 Å². The third-order valence-corrected chi connectivity index (χ3v) is 5.06. The van der Waals surface area contributed by atoms with Gasteiger partial charge in [-0.3, -0.25) is 4.79 Å². The number of anilines is 2. The zero-order valence-electron chi connectivity index (χ0n) is 16.0. The highest BCUT2D eigenvalue weighted by Crippen LogP contribution is 2.25. The molecule has 2 heterocycles. The van der Waals surface area contributed by atoms with Gasteiger partial charge in [0, 0.05) is 38.7 Å². The fourth-order valence-electron chi connectivity index (χ4n) is 3.47. The number of aromatic nitrogens is 2. The number of rotatable bonds is 8. The van der Waals surface area contributed by atoms with Gasteiger partial charge in [-0.05, 0) is 37.7 Å². The van der Waals surface area contributed by atoms with Crippen LogP contribution in [0.3, 0.4) is 0 Å². The van der Waals surface area contributed by atoms with Crippen molar-refractivity contribution in [3.05, 3.63) is 48.3 Å². The second-order valence-corrected chi connectivity index (χ2v) is 7.02. The number of carbonyl (C=O) groups excluding carboxylic acids is 1. The molecule has 2 N–H and O–H groups in total. The lowest BCUT2D eigenvalue weighted by Crippen LogP contribution is -2.34. The quantitative estimate of drug-likeness (QED) is 0.750. The summed E-state index contributed by atoms with van der Waals surface area (Å²) >= 11 is 0. The highest BCUT2D eigenvalue weighted by molar-refractivity contribution is 5.75. The van der Waals surface area contributed by atoms with Gasteiger partial charge in [0.1, 0.15) is 18.0 Å². The molecule has 144 valence electrons. The lowest BCUT2D eigenvalue weighted by atomic mass is 9.92. The molecule has 1 aromatic heterocycles. The topological polar surface area (TPSA) is 70.2 Å². The first-order valence-corrected chi connectivity index (χ1v) is 9.86. The molecule has 0 radical (unpaired) electrons. The van der Waals surface area contributed by atoms with Crippen LogP contribution >= 0.6 is 0 Å². The van der Waals surface area contributed by atoms with Gasteiger partial charge in [0.15, 0.2) is 0 Å². The van der Waals surface area contributed by atoms with Gasteiger partial charge in [-0.2, -0.15) is 0 Å². The fourth-order valence-corrected chi connectivity index (χ4v) is 3.47. The van der Waals surface area contributed by atoms with Crippen molar-refractivity contribution in [3.8, 4) is 0 Å². The van der Waals surface area contributed by atoms with Crippen LogP contribution in [0.4, 0.5) is 11.6 Å². The van der Waals surface area contributed by atoms with Crippen molar-refractivity contribution in [2.45, 2.75) is 39.2 Å². The van der Waals surface area contributed by atoms with Crippen LogP contribution in [0.2, 0.25) is 0 Å². The van der Waals surface area contributed by atoms with E-state index in [4.69, 9.17) is 0 Å². The summed E-state index contributed by atoms with van der Waals surface area (Å²) in [6.07, 6.45) is 5.39. The highest BCUT2D eigenvalue weighted by Gasteiger charge is 2.21. The molecule has 0 unspecified atom stereocenters. The molecule has 1 aliphatic heterocycles. The summed E-state index contributed by atoms with van der Waals surface area (Å²) in [6, 6.07) is 12.1. The molecule has 6 nitrogen and oxygen atoms in total. The van der Waals surface area contributed by atoms with Crippen LogP contribution in [0, 0.1) is 5.92 Å².